The minimum atomic E-state index is -0.484. The Kier molecular flexibility index (Phi) is 2.39. The Balaban J connectivity index is 1.71. The maximum absolute atomic E-state index is 6.39. The first-order chi connectivity index (χ1) is 9.09. The maximum Gasteiger partial charge on any atom is 0.164 e. The highest BCUT2D eigenvalue weighted by Crippen LogP contribution is 2.53. The molecule has 3 nitrogen and oxygen atoms in total. The molecule has 0 aromatic heterocycles. The molecule has 0 spiro atoms. The lowest BCUT2D eigenvalue weighted by Gasteiger charge is -2.29. The van der Waals surface area contributed by atoms with Crippen LogP contribution in [-0.4, -0.2) is 24.6 Å². The highest BCUT2D eigenvalue weighted by molar-refractivity contribution is 5.41. The first-order valence-corrected chi connectivity index (χ1v) is 7.17. The molecule has 2 aliphatic heterocycles. The Morgan fingerprint density at radius 1 is 1.26 bits per heavy atom. The Labute approximate surface area is 113 Å². The Morgan fingerprint density at radius 3 is 2.84 bits per heavy atom. The van der Waals surface area contributed by atoms with E-state index < -0.39 is 5.79 Å². The average molecular weight is 260 g/mol. The second-order valence-corrected chi connectivity index (χ2v) is 6.35. The van der Waals surface area contributed by atoms with Crippen LogP contribution in [0.15, 0.2) is 24.3 Å². The van der Waals surface area contributed by atoms with E-state index >= 15 is 0 Å². The van der Waals surface area contributed by atoms with E-state index in [1.165, 1.54) is 11.1 Å². The van der Waals surface area contributed by atoms with Gasteiger partial charge in [0, 0.05) is 6.42 Å². The first-order valence-electron chi connectivity index (χ1n) is 7.17. The largest absolute Gasteiger partial charge is 0.373 e. The van der Waals surface area contributed by atoms with Crippen LogP contribution in [-0.2, 0) is 26.2 Å². The van der Waals surface area contributed by atoms with E-state index in [-0.39, 0.29) is 11.7 Å². The van der Waals surface area contributed by atoms with Gasteiger partial charge in [-0.3, -0.25) is 0 Å². The van der Waals surface area contributed by atoms with E-state index in [4.69, 9.17) is 14.2 Å². The van der Waals surface area contributed by atoms with Crippen LogP contribution in [0.5, 0.6) is 0 Å². The molecule has 3 atom stereocenters. The van der Waals surface area contributed by atoms with Crippen molar-refractivity contribution in [3.05, 3.63) is 35.4 Å². The van der Waals surface area contributed by atoms with Gasteiger partial charge in [0.1, 0.15) is 5.60 Å². The molecule has 2 fully saturated rings. The molecule has 0 amide bonds. The van der Waals surface area contributed by atoms with Gasteiger partial charge in [0.15, 0.2) is 5.79 Å². The summed E-state index contributed by atoms with van der Waals surface area (Å²) in [7, 11) is 0. The fourth-order valence-electron chi connectivity index (χ4n) is 3.67. The fourth-order valence-corrected chi connectivity index (χ4v) is 3.67. The van der Waals surface area contributed by atoms with Crippen LogP contribution in [0.2, 0.25) is 0 Å². The average Bonchev–Trinajstić information content (AvgIpc) is 3.08. The van der Waals surface area contributed by atoms with E-state index in [1.54, 1.807) is 0 Å². The van der Waals surface area contributed by atoms with Gasteiger partial charge in [-0.1, -0.05) is 24.3 Å². The lowest BCUT2D eigenvalue weighted by Crippen LogP contribution is -2.34. The summed E-state index contributed by atoms with van der Waals surface area (Å²) in [5, 5.41) is 0. The summed E-state index contributed by atoms with van der Waals surface area (Å²) >= 11 is 0. The zero-order chi connectivity index (χ0) is 13.1. The predicted octanol–water partition coefficient (Wildman–Crippen LogP) is 2.77. The molecule has 0 saturated carbocycles. The molecule has 1 aromatic rings. The van der Waals surface area contributed by atoms with E-state index in [9.17, 15) is 0 Å². The number of epoxide rings is 1. The van der Waals surface area contributed by atoms with Crippen LogP contribution in [0.1, 0.15) is 37.8 Å². The summed E-state index contributed by atoms with van der Waals surface area (Å²) in [6, 6.07) is 8.60. The van der Waals surface area contributed by atoms with Crippen molar-refractivity contribution in [1.29, 1.82) is 0 Å². The number of hydrogen-bond acceptors (Lipinski definition) is 3. The number of hydrogen-bond donors (Lipinski definition) is 0. The second kappa shape index (κ2) is 3.81. The van der Waals surface area contributed by atoms with Gasteiger partial charge in [-0.25, -0.2) is 0 Å². The first kappa shape index (κ1) is 11.9. The molecule has 0 radical (unpaired) electrons. The molecule has 2 heterocycles. The molecule has 3 aliphatic rings. The van der Waals surface area contributed by atoms with E-state index in [2.05, 4.69) is 24.3 Å². The number of rotatable bonds is 3. The van der Waals surface area contributed by atoms with Crippen molar-refractivity contribution < 1.29 is 14.2 Å². The molecule has 1 aliphatic carbocycles. The van der Waals surface area contributed by atoms with Gasteiger partial charge in [-0.2, -0.15) is 0 Å². The third kappa shape index (κ3) is 1.83. The smallest absolute Gasteiger partial charge is 0.164 e. The summed E-state index contributed by atoms with van der Waals surface area (Å²) in [5.74, 6) is -0.484. The monoisotopic (exact) mass is 260 g/mol. The molecule has 0 bridgehead atoms. The fraction of sp³-hybridized carbons (Fsp3) is 0.625. The van der Waals surface area contributed by atoms with Crippen molar-refractivity contribution in [1.82, 2.24) is 0 Å². The van der Waals surface area contributed by atoms with Crippen LogP contribution in [0.3, 0.4) is 0 Å². The van der Waals surface area contributed by atoms with Gasteiger partial charge in [0.05, 0.1) is 18.8 Å². The quantitative estimate of drug-likeness (QED) is 0.783. The van der Waals surface area contributed by atoms with Crippen molar-refractivity contribution in [3.8, 4) is 0 Å². The van der Waals surface area contributed by atoms with Crippen LogP contribution in [0.25, 0.3) is 0 Å². The van der Waals surface area contributed by atoms with Gasteiger partial charge in [-0.05, 0) is 37.8 Å². The highest BCUT2D eigenvalue weighted by Gasteiger charge is 2.58. The van der Waals surface area contributed by atoms with E-state index in [0.29, 0.717) is 6.10 Å². The summed E-state index contributed by atoms with van der Waals surface area (Å²) < 4.78 is 17.9. The predicted molar refractivity (Wildman–Crippen MR) is 70.8 cm³/mol. The van der Waals surface area contributed by atoms with Crippen LogP contribution in [0, 0.1) is 0 Å². The molecule has 102 valence electrons. The number of ether oxygens (including phenoxy) is 3. The molecule has 3 heteroatoms. The van der Waals surface area contributed by atoms with Crippen LogP contribution in [0.4, 0.5) is 0 Å². The van der Waals surface area contributed by atoms with Gasteiger partial charge in [0.2, 0.25) is 0 Å². The molecular formula is C16H20O3. The Morgan fingerprint density at radius 2 is 2.05 bits per heavy atom. The molecule has 1 aromatic carbocycles. The molecule has 4 rings (SSSR count). The van der Waals surface area contributed by atoms with E-state index in [1.807, 2.05) is 13.8 Å². The normalized spacial score (nSPS) is 38.0. The lowest BCUT2D eigenvalue weighted by molar-refractivity contribution is -0.168. The van der Waals surface area contributed by atoms with E-state index in [0.717, 1.165) is 25.9 Å². The third-order valence-corrected chi connectivity index (χ3v) is 4.49. The van der Waals surface area contributed by atoms with Crippen LogP contribution >= 0.6 is 0 Å². The molecule has 19 heavy (non-hydrogen) atoms. The summed E-state index contributed by atoms with van der Waals surface area (Å²) in [5.41, 5.74) is 2.44. The summed E-state index contributed by atoms with van der Waals surface area (Å²) in [6.45, 7) is 4.94. The van der Waals surface area contributed by atoms with Gasteiger partial charge in [0.25, 0.3) is 0 Å². The van der Waals surface area contributed by atoms with Crippen molar-refractivity contribution in [2.45, 2.75) is 56.7 Å². The number of fused-ring (bicyclic) bond motifs is 3. The van der Waals surface area contributed by atoms with Crippen molar-refractivity contribution in [2.75, 3.05) is 6.61 Å². The zero-order valence-corrected chi connectivity index (χ0v) is 11.5. The zero-order valence-electron chi connectivity index (χ0n) is 11.5. The van der Waals surface area contributed by atoms with Gasteiger partial charge >= 0.3 is 0 Å². The summed E-state index contributed by atoms with van der Waals surface area (Å²) in [4.78, 5) is 0. The topological polar surface area (TPSA) is 31.0 Å². The highest BCUT2D eigenvalue weighted by atomic mass is 16.8. The molecule has 1 unspecified atom stereocenters. The Bertz CT molecular complexity index is 506. The van der Waals surface area contributed by atoms with Crippen molar-refractivity contribution in [3.63, 3.8) is 0 Å². The minimum absolute atomic E-state index is 0.152. The van der Waals surface area contributed by atoms with Crippen molar-refractivity contribution >= 4 is 0 Å². The second-order valence-electron chi connectivity index (χ2n) is 6.35. The minimum Gasteiger partial charge on any atom is -0.373 e. The maximum atomic E-state index is 6.39. The van der Waals surface area contributed by atoms with Gasteiger partial charge < -0.3 is 14.2 Å². The molecule has 0 N–H and O–H groups in total. The summed E-state index contributed by atoms with van der Waals surface area (Å²) in [6.07, 6.45) is 3.60. The van der Waals surface area contributed by atoms with Gasteiger partial charge in [-0.15, -0.1) is 0 Å². The number of benzene rings is 1. The third-order valence-electron chi connectivity index (χ3n) is 4.49. The van der Waals surface area contributed by atoms with Crippen LogP contribution < -0.4 is 0 Å². The lowest BCUT2D eigenvalue weighted by atomic mass is 9.88. The molecule has 2 saturated heterocycles. The van der Waals surface area contributed by atoms with Crippen molar-refractivity contribution in [2.24, 2.45) is 0 Å². The molecular weight excluding hydrogens is 240 g/mol. The standard InChI is InChI=1S/C16H20O3/c1-15(2)18-14-9-11-5-3-4-6-13(11)16(14,19-15)8-7-12-10-17-12/h3-6,12,14H,7-10H2,1-2H3/t12?,14-,16+/m0/s1. The Hall–Kier alpha value is -0.900. The SMILES string of the molecule is CC1(C)O[C@H]2Cc3ccccc3[C@@]2(CCC2CO2)O1.